The molecule has 0 spiro atoms. The maximum atomic E-state index is 13.2. The summed E-state index contributed by atoms with van der Waals surface area (Å²) in [4.78, 5) is 16.5. The molecule has 5 nitrogen and oxygen atoms in total. The second-order valence-electron chi connectivity index (χ2n) is 6.34. The van der Waals surface area contributed by atoms with E-state index in [1.54, 1.807) is 18.3 Å². The molecule has 1 heterocycles. The molecule has 0 unspecified atom stereocenters. The number of carbonyl (C=O) groups is 1. The van der Waals surface area contributed by atoms with E-state index in [0.717, 1.165) is 25.7 Å². The van der Waals surface area contributed by atoms with Crippen molar-refractivity contribution in [2.75, 3.05) is 5.32 Å². The molecule has 1 amide bonds. The van der Waals surface area contributed by atoms with Crippen molar-refractivity contribution in [3.63, 3.8) is 0 Å². The van der Waals surface area contributed by atoms with Crippen LogP contribution in [-0.2, 0) is 0 Å². The van der Waals surface area contributed by atoms with Gasteiger partial charge >= 0.3 is 0 Å². The average molecular weight is 409 g/mol. The fraction of sp³-hybridized carbons (Fsp3) is 0.316. The van der Waals surface area contributed by atoms with Crippen molar-refractivity contribution in [2.45, 2.75) is 37.8 Å². The fourth-order valence-corrected chi connectivity index (χ4v) is 3.26. The van der Waals surface area contributed by atoms with Crippen molar-refractivity contribution in [1.82, 2.24) is 10.3 Å². The molecule has 27 heavy (non-hydrogen) atoms. The zero-order valence-electron chi connectivity index (χ0n) is 14.4. The monoisotopic (exact) mass is 408 g/mol. The summed E-state index contributed by atoms with van der Waals surface area (Å²) in [5, 5.41) is 15.2. The second kappa shape index (κ2) is 9.54. The van der Waals surface area contributed by atoms with E-state index < -0.39 is 5.82 Å². The third kappa shape index (κ3) is 5.56. The molecule has 0 bridgehead atoms. The van der Waals surface area contributed by atoms with E-state index in [1.165, 1.54) is 18.2 Å². The quantitative estimate of drug-likeness (QED) is 0.789. The zero-order chi connectivity index (χ0) is 18.5. The van der Waals surface area contributed by atoms with Gasteiger partial charge in [0.05, 0.1) is 16.7 Å². The van der Waals surface area contributed by atoms with Crippen LogP contribution < -0.4 is 10.6 Å². The normalized spacial score (nSPS) is 18.7. The van der Waals surface area contributed by atoms with E-state index in [4.69, 9.17) is 16.9 Å². The highest BCUT2D eigenvalue weighted by atomic mass is 35.5. The van der Waals surface area contributed by atoms with Crippen molar-refractivity contribution in [3.8, 4) is 6.07 Å². The van der Waals surface area contributed by atoms with E-state index in [1.807, 2.05) is 0 Å². The number of nitriles is 1. The van der Waals surface area contributed by atoms with Crippen LogP contribution in [0.15, 0.2) is 36.5 Å². The van der Waals surface area contributed by atoms with E-state index in [-0.39, 0.29) is 35.4 Å². The molecule has 8 heteroatoms. The van der Waals surface area contributed by atoms with Crippen LogP contribution in [0.4, 0.5) is 10.2 Å². The Hall–Kier alpha value is -2.36. The predicted octanol–water partition coefficient (Wildman–Crippen LogP) is 4.32. The van der Waals surface area contributed by atoms with Crippen LogP contribution in [0.1, 0.15) is 41.6 Å². The summed E-state index contributed by atoms with van der Waals surface area (Å²) in [5.41, 5.74) is 0.926. The Morgan fingerprint density at radius 3 is 2.56 bits per heavy atom. The number of benzene rings is 1. The predicted molar refractivity (Wildman–Crippen MR) is 105 cm³/mol. The number of hydrogen-bond donors (Lipinski definition) is 2. The maximum Gasteiger partial charge on any atom is 0.251 e. The highest BCUT2D eigenvalue weighted by molar-refractivity contribution is 6.31. The first-order valence-electron chi connectivity index (χ1n) is 8.44. The topological polar surface area (TPSA) is 77.8 Å². The minimum atomic E-state index is -0.538. The number of hydrogen-bond acceptors (Lipinski definition) is 4. The largest absolute Gasteiger partial charge is 0.367 e. The summed E-state index contributed by atoms with van der Waals surface area (Å²) in [6, 6.07) is 9.78. The molecule has 1 aliphatic rings. The number of aromatic nitrogens is 1. The zero-order valence-corrected chi connectivity index (χ0v) is 16.0. The van der Waals surface area contributed by atoms with Gasteiger partial charge in [-0.15, -0.1) is 12.4 Å². The minimum absolute atomic E-state index is 0. The van der Waals surface area contributed by atoms with Crippen LogP contribution in [0.3, 0.4) is 0 Å². The van der Waals surface area contributed by atoms with Crippen molar-refractivity contribution in [3.05, 3.63) is 58.5 Å². The van der Waals surface area contributed by atoms with E-state index in [9.17, 15) is 9.18 Å². The molecule has 0 atom stereocenters. The Morgan fingerprint density at radius 1 is 1.19 bits per heavy atom. The van der Waals surface area contributed by atoms with Crippen LogP contribution in [0.25, 0.3) is 0 Å². The van der Waals surface area contributed by atoms with Crippen molar-refractivity contribution in [1.29, 1.82) is 5.26 Å². The molecule has 1 fully saturated rings. The SMILES string of the molecule is Cl.N#Cc1ccnc(NC2CCC(NC(=O)c3ccc(F)c(Cl)c3)CC2)c1. The molecule has 0 saturated heterocycles. The summed E-state index contributed by atoms with van der Waals surface area (Å²) in [6.07, 6.45) is 5.04. The summed E-state index contributed by atoms with van der Waals surface area (Å²) in [7, 11) is 0. The first kappa shape index (κ1) is 20.9. The standard InChI is InChI=1S/C19H18ClFN4O.ClH/c20-16-10-13(1-6-17(16)21)19(26)25-15-4-2-14(3-5-15)24-18-9-12(11-22)7-8-23-18;/h1,6-10,14-15H,2-5H2,(H,23,24)(H,25,26);1H. The van der Waals surface area contributed by atoms with E-state index in [0.29, 0.717) is 16.9 Å². The number of anilines is 1. The number of carbonyl (C=O) groups excluding carboxylic acids is 1. The number of halogens is 3. The van der Waals surface area contributed by atoms with Crippen molar-refractivity contribution in [2.24, 2.45) is 0 Å². The lowest BCUT2D eigenvalue weighted by atomic mass is 9.91. The Bertz CT molecular complexity index is 848. The summed E-state index contributed by atoms with van der Waals surface area (Å²) < 4.78 is 13.2. The molecule has 0 aliphatic heterocycles. The number of nitrogens with one attached hydrogen (secondary N) is 2. The van der Waals surface area contributed by atoms with Gasteiger partial charge in [-0.2, -0.15) is 5.26 Å². The van der Waals surface area contributed by atoms with Gasteiger partial charge < -0.3 is 10.6 Å². The highest BCUT2D eigenvalue weighted by Crippen LogP contribution is 2.23. The van der Waals surface area contributed by atoms with Crippen LogP contribution >= 0.6 is 24.0 Å². The molecule has 0 radical (unpaired) electrons. The number of amides is 1. The number of rotatable bonds is 4. The van der Waals surface area contributed by atoms with Crippen LogP contribution in [0, 0.1) is 17.1 Å². The van der Waals surface area contributed by atoms with Gasteiger partial charge in [-0.3, -0.25) is 4.79 Å². The molecule has 1 saturated carbocycles. The molecular formula is C19H19Cl2FN4O. The summed E-state index contributed by atoms with van der Waals surface area (Å²) in [5.74, 6) is -0.0898. The van der Waals surface area contributed by atoms with Gasteiger partial charge in [0.1, 0.15) is 11.6 Å². The lowest BCUT2D eigenvalue weighted by Crippen LogP contribution is -2.40. The van der Waals surface area contributed by atoms with Gasteiger partial charge in [0, 0.05) is 23.8 Å². The lowest BCUT2D eigenvalue weighted by molar-refractivity contribution is 0.0926. The molecule has 2 N–H and O–H groups in total. The fourth-order valence-electron chi connectivity index (χ4n) is 3.08. The van der Waals surface area contributed by atoms with Gasteiger partial charge in [-0.1, -0.05) is 11.6 Å². The van der Waals surface area contributed by atoms with E-state index >= 15 is 0 Å². The summed E-state index contributed by atoms with van der Waals surface area (Å²) >= 11 is 5.73. The molecule has 142 valence electrons. The molecule has 1 aromatic heterocycles. The Balaban J connectivity index is 0.00000261. The van der Waals surface area contributed by atoms with Crippen LogP contribution in [0.2, 0.25) is 5.02 Å². The molecular weight excluding hydrogens is 390 g/mol. The maximum absolute atomic E-state index is 13.2. The molecule has 1 aliphatic carbocycles. The Labute approximate surface area is 168 Å². The number of pyridine rings is 1. The third-order valence-electron chi connectivity index (χ3n) is 4.49. The Morgan fingerprint density at radius 2 is 1.89 bits per heavy atom. The minimum Gasteiger partial charge on any atom is -0.367 e. The second-order valence-corrected chi connectivity index (χ2v) is 6.74. The van der Waals surface area contributed by atoms with Crippen molar-refractivity contribution >= 4 is 35.7 Å². The smallest absolute Gasteiger partial charge is 0.251 e. The van der Waals surface area contributed by atoms with Crippen LogP contribution in [0.5, 0.6) is 0 Å². The third-order valence-corrected chi connectivity index (χ3v) is 4.77. The average Bonchev–Trinajstić information content (AvgIpc) is 2.65. The lowest BCUT2D eigenvalue weighted by Gasteiger charge is -2.30. The Kier molecular flexibility index (Phi) is 7.40. The van der Waals surface area contributed by atoms with Gasteiger partial charge in [-0.05, 0) is 56.0 Å². The first-order chi connectivity index (χ1) is 12.5. The molecule has 3 rings (SSSR count). The van der Waals surface area contributed by atoms with E-state index in [2.05, 4.69) is 21.7 Å². The summed E-state index contributed by atoms with van der Waals surface area (Å²) in [6.45, 7) is 0. The van der Waals surface area contributed by atoms with Gasteiger partial charge in [0.15, 0.2) is 0 Å². The van der Waals surface area contributed by atoms with Gasteiger partial charge in [-0.25, -0.2) is 9.37 Å². The van der Waals surface area contributed by atoms with Gasteiger partial charge in [0.2, 0.25) is 0 Å². The van der Waals surface area contributed by atoms with Crippen molar-refractivity contribution < 1.29 is 9.18 Å². The van der Waals surface area contributed by atoms with Gasteiger partial charge in [0.25, 0.3) is 5.91 Å². The molecule has 1 aromatic carbocycles. The number of nitrogens with zero attached hydrogens (tertiary/aromatic N) is 2. The first-order valence-corrected chi connectivity index (χ1v) is 8.81. The highest BCUT2D eigenvalue weighted by Gasteiger charge is 2.23. The van der Waals surface area contributed by atoms with Crippen LogP contribution in [-0.4, -0.2) is 23.0 Å². The molecule has 2 aromatic rings.